The Kier molecular flexibility index (Phi) is 6.84. The third kappa shape index (κ3) is 4.62. The van der Waals surface area contributed by atoms with Gasteiger partial charge in [-0.2, -0.15) is 0 Å². The molecule has 0 fully saturated rings. The van der Waals surface area contributed by atoms with E-state index in [4.69, 9.17) is 9.15 Å². The summed E-state index contributed by atoms with van der Waals surface area (Å²) in [5, 5.41) is 33.1. The Morgan fingerprint density at radius 2 is 1.71 bits per heavy atom. The molecule has 0 saturated carbocycles. The van der Waals surface area contributed by atoms with Crippen molar-refractivity contribution in [3.8, 4) is 11.5 Å². The second-order valence-electron chi connectivity index (χ2n) is 9.34. The third-order valence-electron chi connectivity index (χ3n) is 6.57. The maximum absolute atomic E-state index is 12.9. The number of hydrogen-bond acceptors (Lipinski definition) is 7. The van der Waals surface area contributed by atoms with Crippen LogP contribution in [0.5, 0.6) is 11.5 Å². The molecule has 2 aromatic carbocycles. The number of phenols is 2. The number of unbranched alkanes of at least 4 members (excludes halogenated alkanes) is 4. The van der Waals surface area contributed by atoms with Crippen LogP contribution in [-0.2, 0) is 22.4 Å². The first kappa shape index (κ1) is 24.1. The molecule has 1 atom stereocenters. The van der Waals surface area contributed by atoms with E-state index in [1.807, 2.05) is 6.92 Å². The van der Waals surface area contributed by atoms with Gasteiger partial charge < -0.3 is 24.5 Å². The van der Waals surface area contributed by atoms with E-state index in [2.05, 4.69) is 6.92 Å². The van der Waals surface area contributed by atoms with E-state index < -0.39 is 11.8 Å². The van der Waals surface area contributed by atoms with Crippen molar-refractivity contribution in [1.82, 2.24) is 0 Å². The van der Waals surface area contributed by atoms with Gasteiger partial charge in [0.15, 0.2) is 0 Å². The zero-order chi connectivity index (χ0) is 24.5. The van der Waals surface area contributed by atoms with Gasteiger partial charge in [0.2, 0.25) is 5.79 Å². The highest BCUT2D eigenvalue weighted by Gasteiger charge is 2.41. The number of aliphatic hydroxyl groups is 1. The number of furan rings is 1. The molecule has 7 heteroatoms. The highest BCUT2D eigenvalue weighted by molar-refractivity contribution is 6.14. The Balaban J connectivity index is 1.85. The van der Waals surface area contributed by atoms with Crippen LogP contribution in [0.1, 0.15) is 86.7 Å². The monoisotopic (exact) mass is 468 g/mol. The first-order chi connectivity index (χ1) is 16.3. The molecule has 0 amide bonds. The molecule has 0 bridgehead atoms. The number of carbonyl (C=O) groups is 2. The van der Waals surface area contributed by atoms with Gasteiger partial charge in [0.1, 0.15) is 34.0 Å². The molecular formula is C27H32O7. The highest BCUT2D eigenvalue weighted by atomic mass is 16.7. The lowest BCUT2D eigenvalue weighted by Gasteiger charge is -2.33. The van der Waals surface area contributed by atoms with Crippen molar-refractivity contribution in [2.45, 2.75) is 83.8 Å². The summed E-state index contributed by atoms with van der Waals surface area (Å²) in [5.74, 6) is -2.74. The van der Waals surface area contributed by atoms with E-state index in [9.17, 15) is 24.9 Å². The van der Waals surface area contributed by atoms with Crippen LogP contribution in [0.3, 0.4) is 0 Å². The molecule has 3 N–H and O–H groups in total. The van der Waals surface area contributed by atoms with Gasteiger partial charge in [-0.3, -0.25) is 4.79 Å². The Morgan fingerprint density at radius 1 is 1.00 bits per heavy atom. The minimum Gasteiger partial charge on any atom is -0.508 e. The number of rotatable bonds is 10. The van der Waals surface area contributed by atoms with Crippen LogP contribution in [0.4, 0.5) is 0 Å². The SMILES string of the molecule is CCCCCC(=O)Cc1cc(O)cc2oc3cc(O)c4c(c3c12)CC(O)(CCCCC)OC4=O. The summed E-state index contributed by atoms with van der Waals surface area (Å²) < 4.78 is 11.3. The maximum Gasteiger partial charge on any atom is 0.344 e. The van der Waals surface area contributed by atoms with Crippen molar-refractivity contribution < 1.29 is 34.1 Å². The number of carbonyl (C=O) groups excluding carboxylic acids is 2. The van der Waals surface area contributed by atoms with Crippen LogP contribution in [0.25, 0.3) is 21.9 Å². The van der Waals surface area contributed by atoms with E-state index in [1.54, 1.807) is 6.07 Å². The van der Waals surface area contributed by atoms with Gasteiger partial charge in [0, 0.05) is 48.6 Å². The van der Waals surface area contributed by atoms with Gasteiger partial charge in [0.05, 0.1) is 0 Å². The molecule has 3 aromatic rings. The number of fused-ring (bicyclic) bond motifs is 5. The molecule has 34 heavy (non-hydrogen) atoms. The molecule has 1 aliphatic heterocycles. The largest absolute Gasteiger partial charge is 0.508 e. The maximum atomic E-state index is 12.9. The Bertz CT molecular complexity index is 1240. The van der Waals surface area contributed by atoms with Crippen LogP contribution in [0, 0.1) is 0 Å². The van der Waals surface area contributed by atoms with Crippen molar-refractivity contribution in [2.24, 2.45) is 0 Å². The predicted octanol–water partition coefficient (Wildman–Crippen LogP) is 5.67. The number of hydrogen-bond donors (Lipinski definition) is 3. The molecule has 1 unspecified atom stereocenters. The number of Topliss-reactive ketones (excluding diaryl/α,β-unsaturated/α-hetero) is 1. The number of esters is 1. The van der Waals surface area contributed by atoms with Crippen molar-refractivity contribution >= 4 is 33.7 Å². The first-order valence-corrected chi connectivity index (χ1v) is 12.2. The highest BCUT2D eigenvalue weighted by Crippen LogP contribution is 2.44. The quantitative estimate of drug-likeness (QED) is 0.259. The van der Waals surface area contributed by atoms with E-state index in [-0.39, 0.29) is 42.1 Å². The Labute approximate surface area is 198 Å². The van der Waals surface area contributed by atoms with Gasteiger partial charge in [-0.25, -0.2) is 4.79 Å². The number of ketones is 1. The lowest BCUT2D eigenvalue weighted by atomic mass is 9.88. The second kappa shape index (κ2) is 9.66. The van der Waals surface area contributed by atoms with Crippen molar-refractivity contribution in [3.63, 3.8) is 0 Å². The number of aromatic hydroxyl groups is 2. The molecule has 1 aliphatic rings. The summed E-state index contributed by atoms with van der Waals surface area (Å²) >= 11 is 0. The summed E-state index contributed by atoms with van der Waals surface area (Å²) in [6.45, 7) is 4.12. The molecule has 0 aliphatic carbocycles. The van der Waals surface area contributed by atoms with Crippen molar-refractivity contribution in [3.05, 3.63) is 34.9 Å². The third-order valence-corrected chi connectivity index (χ3v) is 6.57. The zero-order valence-electron chi connectivity index (χ0n) is 19.8. The van der Waals surface area contributed by atoms with Crippen LogP contribution in [-0.4, -0.2) is 32.9 Å². The Hall–Kier alpha value is -3.06. The molecular weight excluding hydrogens is 436 g/mol. The summed E-state index contributed by atoms with van der Waals surface area (Å²) in [6.07, 6.45) is 6.18. The topological polar surface area (TPSA) is 117 Å². The van der Waals surface area contributed by atoms with Crippen molar-refractivity contribution in [1.29, 1.82) is 0 Å². The molecule has 1 aromatic heterocycles. The van der Waals surface area contributed by atoms with E-state index in [0.717, 1.165) is 32.1 Å². The fourth-order valence-corrected chi connectivity index (χ4v) is 4.93. The number of benzene rings is 2. The first-order valence-electron chi connectivity index (χ1n) is 12.2. The summed E-state index contributed by atoms with van der Waals surface area (Å²) in [6, 6.07) is 4.35. The van der Waals surface area contributed by atoms with Crippen LogP contribution in [0.2, 0.25) is 0 Å². The van der Waals surface area contributed by atoms with Gasteiger partial charge in [-0.15, -0.1) is 0 Å². The van der Waals surface area contributed by atoms with E-state index in [0.29, 0.717) is 45.9 Å². The normalized spacial score (nSPS) is 17.8. The number of cyclic esters (lactones) is 1. The van der Waals surface area contributed by atoms with Crippen LogP contribution in [0.15, 0.2) is 22.6 Å². The summed E-state index contributed by atoms with van der Waals surface area (Å²) in [5.41, 5.74) is 1.71. The lowest BCUT2D eigenvalue weighted by Crippen LogP contribution is -2.41. The zero-order valence-corrected chi connectivity index (χ0v) is 19.8. The Morgan fingerprint density at radius 3 is 2.44 bits per heavy atom. The van der Waals surface area contributed by atoms with Gasteiger partial charge >= 0.3 is 5.97 Å². The van der Waals surface area contributed by atoms with Gasteiger partial charge in [-0.05, 0) is 30.0 Å². The van der Waals surface area contributed by atoms with Crippen LogP contribution < -0.4 is 0 Å². The van der Waals surface area contributed by atoms with Gasteiger partial charge in [-0.1, -0.05) is 39.5 Å². The summed E-state index contributed by atoms with van der Waals surface area (Å²) in [7, 11) is 0. The van der Waals surface area contributed by atoms with Crippen LogP contribution >= 0.6 is 0 Å². The molecule has 0 spiro atoms. The fraction of sp³-hybridized carbons (Fsp3) is 0.481. The molecule has 2 heterocycles. The lowest BCUT2D eigenvalue weighted by molar-refractivity contribution is -0.173. The van der Waals surface area contributed by atoms with E-state index >= 15 is 0 Å². The second-order valence-corrected chi connectivity index (χ2v) is 9.34. The smallest absolute Gasteiger partial charge is 0.344 e. The summed E-state index contributed by atoms with van der Waals surface area (Å²) in [4.78, 5) is 25.5. The predicted molar refractivity (Wildman–Crippen MR) is 128 cm³/mol. The molecule has 4 rings (SSSR count). The standard InChI is InChI=1S/C27H32O7/c1-3-5-7-9-17(28)11-16-12-18(29)13-21-23(16)25-19-15-27(32,10-8-6-4-2)34-26(31)24(19)20(30)14-22(25)33-21/h12-14,29-30,32H,3-11,15H2,1-2H3. The minimum absolute atomic E-state index is 0.00207. The minimum atomic E-state index is -1.68. The van der Waals surface area contributed by atoms with Crippen molar-refractivity contribution in [2.75, 3.05) is 0 Å². The van der Waals surface area contributed by atoms with Gasteiger partial charge in [0.25, 0.3) is 0 Å². The molecule has 7 nitrogen and oxygen atoms in total. The average Bonchev–Trinajstić information content (AvgIpc) is 3.11. The fourth-order valence-electron chi connectivity index (χ4n) is 4.93. The van der Waals surface area contributed by atoms with E-state index in [1.165, 1.54) is 12.1 Å². The average molecular weight is 469 g/mol. The molecule has 0 radical (unpaired) electrons. The number of phenolic OH excluding ortho intramolecular Hbond substituents is 2. The number of ether oxygens (including phenoxy) is 1. The molecule has 182 valence electrons. The molecule has 0 saturated heterocycles.